The minimum Gasteiger partial charge on any atom is -0.394 e. The van der Waals surface area contributed by atoms with E-state index in [0.29, 0.717) is 12.8 Å². The van der Waals surface area contributed by atoms with Crippen molar-refractivity contribution in [3.05, 3.63) is 12.2 Å². The number of hydrogen-bond donors (Lipinski definition) is 7. The number of nitrogens with one attached hydrogen (secondary N) is 1. The second-order valence-corrected chi connectivity index (χ2v) is 17.5. The molecule has 58 heavy (non-hydrogen) atoms. The Morgan fingerprint density at radius 2 is 1.12 bits per heavy atom. The van der Waals surface area contributed by atoms with Crippen molar-refractivity contribution in [2.45, 2.75) is 249 Å². The van der Waals surface area contributed by atoms with Crippen LogP contribution in [-0.4, -0.2) is 107 Å². The Labute approximate surface area is 352 Å². The Kier molecular flexibility index (Phi) is 33.5. The lowest BCUT2D eigenvalue weighted by atomic mass is 9.99. The van der Waals surface area contributed by atoms with Gasteiger partial charge in [0.05, 0.1) is 25.4 Å². The molecule has 1 aliphatic heterocycles. The van der Waals surface area contributed by atoms with Crippen molar-refractivity contribution in [3.8, 4) is 0 Å². The van der Waals surface area contributed by atoms with Crippen LogP contribution in [0.1, 0.15) is 200 Å². The van der Waals surface area contributed by atoms with Gasteiger partial charge < -0.3 is 40.3 Å². The number of aliphatic hydroxyl groups excluding tert-OH is 5. The van der Waals surface area contributed by atoms with Crippen LogP contribution in [-0.2, 0) is 28.9 Å². The minimum absolute atomic E-state index is 0.248. The highest BCUT2D eigenvalue weighted by atomic mass is 32.3. The van der Waals surface area contributed by atoms with Crippen molar-refractivity contribution in [2.24, 2.45) is 0 Å². The summed E-state index contributed by atoms with van der Waals surface area (Å²) in [5, 5.41) is 55.1. The lowest BCUT2D eigenvalue weighted by Gasteiger charge is -2.41. The van der Waals surface area contributed by atoms with E-state index in [1.54, 1.807) is 0 Å². The van der Waals surface area contributed by atoms with Crippen molar-refractivity contribution in [2.75, 3.05) is 13.2 Å². The third-order valence-corrected chi connectivity index (χ3v) is 11.6. The SMILES string of the molecule is CCCCCCCCCCCCC/C=C/C(O)C(COC1OC(CO)C(O)C(OS(=O)(=O)O)C1O)NC(=O)C(O)CCCCCCCCCCCCCCCCCC. The van der Waals surface area contributed by atoms with Crippen molar-refractivity contribution < 1.29 is 57.0 Å². The second-order valence-electron chi connectivity index (χ2n) is 16.5. The van der Waals surface area contributed by atoms with Crippen molar-refractivity contribution in [3.63, 3.8) is 0 Å². The monoisotopic (exact) mass is 852 g/mol. The molecule has 0 spiro atoms. The van der Waals surface area contributed by atoms with Gasteiger partial charge in [-0.1, -0.05) is 193 Å². The maximum atomic E-state index is 13.1. The standard InChI is InChI=1S/C44H85NO12S/c1-3-5-7-9-11-13-15-17-18-19-21-23-25-27-29-31-33-38(48)43(51)45-36(37(47)32-30-28-26-24-22-20-16-14-12-10-8-6-4-2)35-55-44-41(50)42(57-58(52,53)54)40(49)39(34-46)56-44/h30,32,36-42,44,46-50H,3-29,31,33-35H2,1-2H3,(H,45,51)(H,52,53,54)/b32-30+. The van der Waals surface area contributed by atoms with Gasteiger partial charge in [0.2, 0.25) is 5.91 Å². The molecular weight excluding hydrogens is 767 g/mol. The van der Waals surface area contributed by atoms with E-state index in [9.17, 15) is 43.3 Å². The summed E-state index contributed by atoms with van der Waals surface area (Å²) in [4.78, 5) is 13.1. The smallest absolute Gasteiger partial charge is 0.394 e. The lowest BCUT2D eigenvalue weighted by molar-refractivity contribution is -0.298. The van der Waals surface area contributed by atoms with Crippen LogP contribution in [0, 0.1) is 0 Å². The number of rotatable bonds is 39. The van der Waals surface area contributed by atoms with Crippen LogP contribution >= 0.6 is 0 Å². The van der Waals surface area contributed by atoms with Crippen LogP contribution in [0.4, 0.5) is 0 Å². The quantitative estimate of drug-likeness (QED) is 0.0180. The fraction of sp³-hybridized carbons (Fsp3) is 0.932. The van der Waals surface area contributed by atoms with Gasteiger partial charge in [-0.05, 0) is 19.3 Å². The van der Waals surface area contributed by atoms with Gasteiger partial charge in [0.1, 0.15) is 30.5 Å². The summed E-state index contributed by atoms with van der Waals surface area (Å²) in [6.07, 6.45) is 25.8. The molecule has 1 fully saturated rings. The second kappa shape index (κ2) is 35.4. The normalized spacial score (nSPS) is 21.7. The van der Waals surface area contributed by atoms with Crippen LogP contribution in [0.5, 0.6) is 0 Å². The van der Waals surface area contributed by atoms with E-state index < -0.39 is 78.5 Å². The van der Waals surface area contributed by atoms with Gasteiger partial charge in [-0.3, -0.25) is 9.35 Å². The van der Waals surface area contributed by atoms with E-state index >= 15 is 0 Å². The number of allylic oxidation sites excluding steroid dienone is 1. The maximum absolute atomic E-state index is 13.1. The third kappa shape index (κ3) is 27.6. The van der Waals surface area contributed by atoms with Gasteiger partial charge in [-0.2, -0.15) is 8.42 Å². The largest absolute Gasteiger partial charge is 0.397 e. The first-order valence-electron chi connectivity index (χ1n) is 23.2. The number of ether oxygens (including phenoxy) is 2. The number of carbonyl (C=O) groups is 1. The summed E-state index contributed by atoms with van der Waals surface area (Å²) >= 11 is 0. The molecule has 0 aromatic heterocycles. The predicted molar refractivity (Wildman–Crippen MR) is 228 cm³/mol. The number of amides is 1. The number of hydrogen-bond acceptors (Lipinski definition) is 11. The van der Waals surface area contributed by atoms with Gasteiger partial charge in [0.25, 0.3) is 0 Å². The van der Waals surface area contributed by atoms with Gasteiger partial charge >= 0.3 is 10.4 Å². The first kappa shape index (κ1) is 54.8. The molecule has 0 aromatic rings. The van der Waals surface area contributed by atoms with E-state index in [1.165, 1.54) is 134 Å². The molecule has 8 atom stereocenters. The molecule has 1 heterocycles. The molecule has 13 nitrogen and oxygen atoms in total. The van der Waals surface area contributed by atoms with E-state index in [1.807, 2.05) is 6.08 Å². The molecule has 7 N–H and O–H groups in total. The highest BCUT2D eigenvalue weighted by Gasteiger charge is 2.48. The van der Waals surface area contributed by atoms with Crippen molar-refractivity contribution >= 4 is 16.3 Å². The number of aliphatic hydroxyl groups is 5. The Balaban J connectivity index is 2.58. The Morgan fingerprint density at radius 3 is 1.55 bits per heavy atom. The van der Waals surface area contributed by atoms with Crippen LogP contribution in [0.15, 0.2) is 12.2 Å². The third-order valence-electron chi connectivity index (χ3n) is 11.2. The maximum Gasteiger partial charge on any atom is 0.397 e. The fourth-order valence-electron chi connectivity index (χ4n) is 7.46. The van der Waals surface area contributed by atoms with E-state index in [4.69, 9.17) is 9.47 Å². The number of carbonyl (C=O) groups excluding carboxylic acids is 1. The van der Waals surface area contributed by atoms with Crippen molar-refractivity contribution in [1.82, 2.24) is 5.32 Å². The summed E-state index contributed by atoms with van der Waals surface area (Å²) in [7, 11) is -5.11. The highest BCUT2D eigenvalue weighted by Crippen LogP contribution is 2.26. The van der Waals surface area contributed by atoms with Crippen LogP contribution in [0.25, 0.3) is 0 Å². The molecule has 1 aliphatic rings. The zero-order valence-corrected chi connectivity index (χ0v) is 37.1. The first-order chi connectivity index (χ1) is 27.9. The summed E-state index contributed by atoms with van der Waals surface area (Å²) in [6, 6.07) is -1.11. The minimum atomic E-state index is -5.11. The molecule has 14 heteroatoms. The van der Waals surface area contributed by atoms with Gasteiger partial charge in [-0.15, -0.1) is 0 Å². The first-order valence-corrected chi connectivity index (χ1v) is 24.5. The van der Waals surface area contributed by atoms with E-state index in [-0.39, 0.29) is 6.42 Å². The predicted octanol–water partition coefficient (Wildman–Crippen LogP) is 7.75. The summed E-state index contributed by atoms with van der Waals surface area (Å²) in [5.74, 6) is -0.700. The van der Waals surface area contributed by atoms with Gasteiger partial charge in [0, 0.05) is 0 Å². The van der Waals surface area contributed by atoms with Gasteiger partial charge in [-0.25, -0.2) is 4.18 Å². The zero-order valence-electron chi connectivity index (χ0n) is 36.2. The average molecular weight is 852 g/mol. The Bertz CT molecular complexity index is 1110. The molecule has 1 saturated heterocycles. The van der Waals surface area contributed by atoms with Crippen LogP contribution in [0.2, 0.25) is 0 Å². The summed E-state index contributed by atoms with van der Waals surface area (Å²) in [6.45, 7) is 3.21. The van der Waals surface area contributed by atoms with Crippen LogP contribution < -0.4 is 5.32 Å². The molecule has 0 saturated carbocycles. The Hall–Kier alpha value is -1.20. The zero-order chi connectivity index (χ0) is 42.9. The Morgan fingerprint density at radius 1 is 0.690 bits per heavy atom. The van der Waals surface area contributed by atoms with E-state index in [0.717, 1.165) is 38.5 Å². The molecule has 8 unspecified atom stereocenters. The number of unbranched alkanes of at least 4 members (excludes halogenated alkanes) is 26. The molecule has 0 aromatic carbocycles. The molecule has 1 rings (SSSR count). The lowest BCUT2D eigenvalue weighted by Crippen LogP contribution is -2.61. The van der Waals surface area contributed by atoms with Crippen molar-refractivity contribution in [1.29, 1.82) is 0 Å². The molecule has 1 amide bonds. The van der Waals surface area contributed by atoms with Gasteiger partial charge in [0.15, 0.2) is 6.29 Å². The summed E-state index contributed by atoms with van der Waals surface area (Å²) in [5.41, 5.74) is 0. The fourth-order valence-corrected chi connectivity index (χ4v) is 7.97. The molecule has 0 radical (unpaired) electrons. The molecule has 344 valence electrons. The summed E-state index contributed by atoms with van der Waals surface area (Å²) < 4.78 is 47.5. The average Bonchev–Trinajstić information content (AvgIpc) is 3.19. The molecular formula is C44H85NO12S. The topological polar surface area (TPSA) is 212 Å². The van der Waals surface area contributed by atoms with E-state index in [2.05, 4.69) is 23.3 Å². The highest BCUT2D eigenvalue weighted by molar-refractivity contribution is 7.80. The molecule has 0 aliphatic carbocycles. The van der Waals surface area contributed by atoms with Crippen LogP contribution in [0.3, 0.4) is 0 Å². The molecule has 0 bridgehead atoms.